The zero-order valence-electron chi connectivity index (χ0n) is 10.9. The van der Waals surface area contributed by atoms with E-state index < -0.39 is 0 Å². The summed E-state index contributed by atoms with van der Waals surface area (Å²) < 4.78 is 1.85. The third-order valence-electron chi connectivity index (χ3n) is 2.84. The molecule has 1 heterocycles. The summed E-state index contributed by atoms with van der Waals surface area (Å²) in [6.07, 6.45) is 0. The highest BCUT2D eigenvalue weighted by atomic mass is 35.5. The van der Waals surface area contributed by atoms with E-state index in [0.717, 1.165) is 23.6 Å². The fourth-order valence-corrected chi connectivity index (χ4v) is 2.29. The SMILES string of the molecule is CCN(CC(C)C#N)c1c(CCl)c(C)nn1C. The molecule has 0 aliphatic heterocycles. The van der Waals surface area contributed by atoms with E-state index in [1.54, 1.807) is 0 Å². The zero-order chi connectivity index (χ0) is 13.0. The van der Waals surface area contributed by atoms with Crippen LogP contribution in [0.4, 0.5) is 5.82 Å². The quantitative estimate of drug-likeness (QED) is 0.759. The van der Waals surface area contributed by atoms with Gasteiger partial charge >= 0.3 is 0 Å². The number of nitrogens with zero attached hydrogens (tertiary/aromatic N) is 4. The molecule has 94 valence electrons. The number of anilines is 1. The van der Waals surface area contributed by atoms with Crippen molar-refractivity contribution in [3.05, 3.63) is 11.3 Å². The van der Waals surface area contributed by atoms with Crippen molar-refractivity contribution in [3.8, 4) is 6.07 Å². The van der Waals surface area contributed by atoms with Gasteiger partial charge in [-0.2, -0.15) is 10.4 Å². The van der Waals surface area contributed by atoms with Crippen LogP contribution in [0.1, 0.15) is 25.1 Å². The van der Waals surface area contributed by atoms with Crippen molar-refractivity contribution in [2.75, 3.05) is 18.0 Å². The number of halogens is 1. The Labute approximate surface area is 108 Å². The summed E-state index contributed by atoms with van der Waals surface area (Å²) in [6, 6.07) is 2.26. The molecule has 0 saturated carbocycles. The summed E-state index contributed by atoms with van der Waals surface area (Å²) in [5, 5.41) is 13.3. The second kappa shape index (κ2) is 5.92. The zero-order valence-corrected chi connectivity index (χ0v) is 11.6. The molecule has 1 aromatic heterocycles. The lowest BCUT2D eigenvalue weighted by Gasteiger charge is -2.25. The highest BCUT2D eigenvalue weighted by molar-refractivity contribution is 6.17. The van der Waals surface area contributed by atoms with Gasteiger partial charge in [-0.05, 0) is 20.8 Å². The van der Waals surface area contributed by atoms with Gasteiger partial charge in [-0.1, -0.05) is 0 Å². The first kappa shape index (κ1) is 13.9. The fraction of sp³-hybridized carbons (Fsp3) is 0.667. The van der Waals surface area contributed by atoms with Crippen LogP contribution < -0.4 is 4.90 Å². The molecule has 0 aliphatic carbocycles. The van der Waals surface area contributed by atoms with E-state index >= 15 is 0 Å². The minimum Gasteiger partial charge on any atom is -0.356 e. The Bertz CT molecular complexity index is 419. The number of hydrogen-bond donors (Lipinski definition) is 0. The third kappa shape index (κ3) is 2.92. The number of aromatic nitrogens is 2. The monoisotopic (exact) mass is 254 g/mol. The smallest absolute Gasteiger partial charge is 0.131 e. The molecule has 0 radical (unpaired) electrons. The average Bonchev–Trinajstić information content (AvgIpc) is 2.60. The van der Waals surface area contributed by atoms with Crippen molar-refractivity contribution in [1.29, 1.82) is 5.26 Å². The van der Waals surface area contributed by atoms with Crippen LogP contribution in [0.5, 0.6) is 0 Å². The molecule has 0 fully saturated rings. The maximum Gasteiger partial charge on any atom is 0.131 e. The van der Waals surface area contributed by atoms with Gasteiger partial charge in [-0.15, -0.1) is 11.6 Å². The first-order chi connectivity index (χ1) is 8.04. The molecular formula is C12H19ClN4. The fourth-order valence-electron chi connectivity index (χ4n) is 1.98. The molecule has 1 unspecified atom stereocenters. The Morgan fingerprint density at radius 3 is 2.71 bits per heavy atom. The van der Waals surface area contributed by atoms with Crippen molar-refractivity contribution in [2.45, 2.75) is 26.7 Å². The van der Waals surface area contributed by atoms with Crippen LogP contribution in [0.3, 0.4) is 0 Å². The summed E-state index contributed by atoms with van der Waals surface area (Å²) >= 11 is 5.98. The third-order valence-corrected chi connectivity index (χ3v) is 3.11. The highest BCUT2D eigenvalue weighted by Crippen LogP contribution is 2.25. The van der Waals surface area contributed by atoms with E-state index in [4.69, 9.17) is 16.9 Å². The minimum absolute atomic E-state index is 0.00617. The molecule has 1 rings (SSSR count). The molecule has 0 bridgehead atoms. The van der Waals surface area contributed by atoms with E-state index in [2.05, 4.69) is 23.0 Å². The Kier molecular flexibility index (Phi) is 4.83. The number of hydrogen-bond acceptors (Lipinski definition) is 3. The van der Waals surface area contributed by atoms with E-state index in [1.807, 2.05) is 25.6 Å². The van der Waals surface area contributed by atoms with Crippen molar-refractivity contribution < 1.29 is 0 Å². The number of nitriles is 1. The van der Waals surface area contributed by atoms with E-state index in [0.29, 0.717) is 12.4 Å². The van der Waals surface area contributed by atoms with Crippen molar-refractivity contribution in [1.82, 2.24) is 9.78 Å². The lowest BCUT2D eigenvalue weighted by molar-refractivity contribution is 0.647. The molecule has 17 heavy (non-hydrogen) atoms. The van der Waals surface area contributed by atoms with Crippen LogP contribution in [0, 0.1) is 24.2 Å². The number of aryl methyl sites for hydroxylation is 2. The first-order valence-electron chi connectivity index (χ1n) is 5.78. The molecule has 0 N–H and O–H groups in total. The second-order valence-corrected chi connectivity index (χ2v) is 4.48. The predicted molar refractivity (Wildman–Crippen MR) is 70.2 cm³/mol. The number of alkyl halides is 1. The molecule has 1 atom stereocenters. The van der Waals surface area contributed by atoms with Crippen LogP contribution in [0.25, 0.3) is 0 Å². The van der Waals surface area contributed by atoms with Gasteiger partial charge in [0.05, 0.1) is 23.6 Å². The van der Waals surface area contributed by atoms with Gasteiger partial charge in [0, 0.05) is 25.7 Å². The van der Waals surface area contributed by atoms with Crippen molar-refractivity contribution in [2.24, 2.45) is 13.0 Å². The predicted octanol–water partition coefficient (Wildman–Crippen LogP) is 2.45. The summed E-state index contributed by atoms with van der Waals surface area (Å²) in [5.41, 5.74) is 2.02. The van der Waals surface area contributed by atoms with Gasteiger partial charge in [0.25, 0.3) is 0 Å². The topological polar surface area (TPSA) is 44.9 Å². The molecule has 0 amide bonds. The van der Waals surface area contributed by atoms with E-state index in [-0.39, 0.29) is 5.92 Å². The van der Waals surface area contributed by atoms with Crippen LogP contribution in [0.15, 0.2) is 0 Å². The molecule has 0 aliphatic rings. The minimum atomic E-state index is -0.00617. The Hall–Kier alpha value is -1.21. The van der Waals surface area contributed by atoms with E-state index in [9.17, 15) is 0 Å². The van der Waals surface area contributed by atoms with Crippen LogP contribution in [0.2, 0.25) is 0 Å². The number of rotatable bonds is 5. The van der Waals surface area contributed by atoms with Gasteiger partial charge < -0.3 is 4.90 Å². The summed E-state index contributed by atoms with van der Waals surface area (Å²) in [4.78, 5) is 2.16. The van der Waals surface area contributed by atoms with E-state index in [1.165, 1.54) is 0 Å². The summed E-state index contributed by atoms with van der Waals surface area (Å²) in [6.45, 7) is 7.50. The summed E-state index contributed by atoms with van der Waals surface area (Å²) in [7, 11) is 1.91. The molecular weight excluding hydrogens is 236 g/mol. The molecule has 0 saturated heterocycles. The van der Waals surface area contributed by atoms with Gasteiger partial charge in [0.15, 0.2) is 0 Å². The molecule has 4 nitrogen and oxygen atoms in total. The standard InChI is InChI=1S/C12H19ClN4/c1-5-17(8-9(2)7-14)12-11(6-13)10(3)15-16(12)4/h9H,5-6,8H2,1-4H3. The largest absolute Gasteiger partial charge is 0.356 e. The average molecular weight is 255 g/mol. The Morgan fingerprint density at radius 2 is 2.24 bits per heavy atom. The van der Waals surface area contributed by atoms with Crippen LogP contribution in [-0.2, 0) is 12.9 Å². The first-order valence-corrected chi connectivity index (χ1v) is 6.31. The lowest BCUT2D eigenvalue weighted by Crippen LogP contribution is -2.30. The molecule has 5 heteroatoms. The normalized spacial score (nSPS) is 12.2. The van der Waals surface area contributed by atoms with Crippen molar-refractivity contribution >= 4 is 17.4 Å². The van der Waals surface area contributed by atoms with Gasteiger partial charge in [-0.3, -0.25) is 4.68 Å². The highest BCUT2D eigenvalue weighted by Gasteiger charge is 2.19. The maximum absolute atomic E-state index is 8.90. The van der Waals surface area contributed by atoms with Gasteiger partial charge in [0.2, 0.25) is 0 Å². The molecule has 1 aromatic rings. The van der Waals surface area contributed by atoms with Crippen LogP contribution in [-0.4, -0.2) is 22.9 Å². The second-order valence-electron chi connectivity index (χ2n) is 4.21. The Balaban J connectivity index is 3.07. The molecule has 0 aromatic carbocycles. The van der Waals surface area contributed by atoms with Gasteiger partial charge in [-0.25, -0.2) is 0 Å². The maximum atomic E-state index is 8.90. The van der Waals surface area contributed by atoms with Gasteiger partial charge in [0.1, 0.15) is 5.82 Å². The Morgan fingerprint density at radius 1 is 1.59 bits per heavy atom. The lowest BCUT2D eigenvalue weighted by atomic mass is 10.2. The summed E-state index contributed by atoms with van der Waals surface area (Å²) in [5.74, 6) is 1.47. The van der Waals surface area contributed by atoms with Crippen LogP contribution >= 0.6 is 11.6 Å². The molecule has 0 spiro atoms. The van der Waals surface area contributed by atoms with Crippen molar-refractivity contribution in [3.63, 3.8) is 0 Å².